The fourth-order valence-corrected chi connectivity index (χ4v) is 3.58. The zero-order valence-electron chi connectivity index (χ0n) is 10.9. The van der Waals surface area contributed by atoms with Gasteiger partial charge in [-0.15, -0.1) is 0 Å². The monoisotopic (exact) mass is 262 g/mol. The number of carbonyl (C=O) groups excluding carboxylic acids is 1. The Morgan fingerprint density at radius 3 is 2.79 bits per heavy atom. The normalized spacial score (nSPS) is 28.4. The average molecular weight is 262 g/mol. The van der Waals surface area contributed by atoms with Crippen LogP contribution in [0.4, 0.5) is 14.9 Å². The standard InChI is InChI=1S/C15H19FN2O/c16-13-3-1-2-4-14(13)18-15(19)17-9-12-8-10-5-6-11(12)7-10/h1-4,10-12H,5-9H2,(H2,17,18,19)/t10-,11-,12+/m1/s1. The van der Waals surface area contributed by atoms with Gasteiger partial charge < -0.3 is 10.6 Å². The first-order valence-corrected chi connectivity index (χ1v) is 7.02. The highest BCUT2D eigenvalue weighted by atomic mass is 19.1. The summed E-state index contributed by atoms with van der Waals surface area (Å²) in [5.74, 6) is 1.88. The van der Waals surface area contributed by atoms with E-state index in [9.17, 15) is 9.18 Å². The zero-order chi connectivity index (χ0) is 13.2. The molecule has 2 bridgehead atoms. The Hall–Kier alpha value is -1.58. The van der Waals surface area contributed by atoms with Crippen LogP contribution in [-0.2, 0) is 0 Å². The molecule has 4 heteroatoms. The summed E-state index contributed by atoms with van der Waals surface area (Å²) in [6, 6.07) is 5.90. The molecule has 1 aromatic rings. The Labute approximate surface area is 112 Å². The maximum atomic E-state index is 13.4. The Bertz CT molecular complexity index is 477. The smallest absolute Gasteiger partial charge is 0.319 e. The summed E-state index contributed by atoms with van der Waals surface area (Å²) in [6.07, 6.45) is 5.25. The van der Waals surface area contributed by atoms with E-state index in [-0.39, 0.29) is 11.7 Å². The predicted octanol–water partition coefficient (Wildman–Crippen LogP) is 3.38. The molecule has 3 rings (SSSR count). The summed E-state index contributed by atoms with van der Waals surface area (Å²) < 4.78 is 13.4. The number of amides is 2. The number of rotatable bonds is 3. The molecule has 2 fully saturated rings. The van der Waals surface area contributed by atoms with E-state index in [0.717, 1.165) is 11.8 Å². The lowest BCUT2D eigenvalue weighted by molar-refractivity contribution is 0.245. The van der Waals surface area contributed by atoms with E-state index >= 15 is 0 Å². The fraction of sp³-hybridized carbons (Fsp3) is 0.533. The third kappa shape index (κ3) is 2.72. The highest BCUT2D eigenvalue weighted by Gasteiger charge is 2.39. The largest absolute Gasteiger partial charge is 0.338 e. The summed E-state index contributed by atoms with van der Waals surface area (Å²) >= 11 is 0. The summed E-state index contributed by atoms with van der Waals surface area (Å²) in [4.78, 5) is 11.7. The van der Waals surface area contributed by atoms with E-state index in [1.165, 1.54) is 31.7 Å². The van der Waals surface area contributed by atoms with Gasteiger partial charge in [-0.25, -0.2) is 9.18 Å². The number of fused-ring (bicyclic) bond motifs is 2. The Balaban J connectivity index is 1.48. The van der Waals surface area contributed by atoms with Crippen LogP contribution in [-0.4, -0.2) is 12.6 Å². The van der Waals surface area contributed by atoms with Crippen molar-refractivity contribution in [3.8, 4) is 0 Å². The lowest BCUT2D eigenvalue weighted by Gasteiger charge is -2.21. The summed E-state index contributed by atoms with van der Waals surface area (Å²) in [5, 5.41) is 5.42. The quantitative estimate of drug-likeness (QED) is 0.861. The van der Waals surface area contributed by atoms with Gasteiger partial charge in [0.2, 0.25) is 0 Å². The van der Waals surface area contributed by atoms with Crippen LogP contribution in [0.5, 0.6) is 0 Å². The highest BCUT2D eigenvalue weighted by molar-refractivity contribution is 5.89. The second kappa shape index (κ2) is 5.19. The molecule has 0 aromatic heterocycles. The molecule has 2 amide bonds. The Kier molecular flexibility index (Phi) is 3.40. The Morgan fingerprint density at radius 1 is 1.26 bits per heavy atom. The van der Waals surface area contributed by atoms with Crippen molar-refractivity contribution in [1.82, 2.24) is 5.32 Å². The van der Waals surface area contributed by atoms with Crippen LogP contribution < -0.4 is 10.6 Å². The van der Waals surface area contributed by atoms with E-state index in [2.05, 4.69) is 10.6 Å². The number of urea groups is 1. The molecule has 0 saturated heterocycles. The summed E-state index contributed by atoms with van der Waals surface area (Å²) in [7, 11) is 0. The van der Waals surface area contributed by atoms with E-state index in [0.29, 0.717) is 12.5 Å². The lowest BCUT2D eigenvalue weighted by Crippen LogP contribution is -2.34. The minimum atomic E-state index is -0.405. The highest BCUT2D eigenvalue weighted by Crippen LogP contribution is 2.47. The van der Waals surface area contributed by atoms with Gasteiger partial charge in [0.05, 0.1) is 5.69 Å². The van der Waals surface area contributed by atoms with Crippen LogP contribution in [0.1, 0.15) is 25.7 Å². The predicted molar refractivity (Wildman–Crippen MR) is 72.4 cm³/mol. The number of nitrogens with one attached hydrogen (secondary N) is 2. The lowest BCUT2D eigenvalue weighted by atomic mass is 9.89. The fourth-order valence-electron chi connectivity index (χ4n) is 3.58. The number of carbonyl (C=O) groups is 1. The zero-order valence-corrected chi connectivity index (χ0v) is 10.9. The average Bonchev–Trinajstić information content (AvgIpc) is 3.01. The number of halogens is 1. The molecular weight excluding hydrogens is 243 g/mol. The minimum absolute atomic E-state index is 0.230. The molecule has 0 spiro atoms. The molecule has 3 nitrogen and oxygen atoms in total. The summed E-state index contributed by atoms with van der Waals surface area (Å²) in [6.45, 7) is 0.710. The van der Waals surface area contributed by atoms with Crippen LogP contribution in [0.15, 0.2) is 24.3 Å². The summed E-state index contributed by atoms with van der Waals surface area (Å²) in [5.41, 5.74) is 0.230. The number of para-hydroxylation sites is 1. The number of benzene rings is 1. The van der Waals surface area contributed by atoms with Crippen molar-refractivity contribution < 1.29 is 9.18 Å². The second-order valence-corrected chi connectivity index (χ2v) is 5.75. The van der Waals surface area contributed by atoms with Crippen LogP contribution in [0.3, 0.4) is 0 Å². The second-order valence-electron chi connectivity index (χ2n) is 5.75. The topological polar surface area (TPSA) is 41.1 Å². The van der Waals surface area contributed by atoms with Crippen molar-refractivity contribution in [2.45, 2.75) is 25.7 Å². The van der Waals surface area contributed by atoms with Gasteiger partial charge in [-0.2, -0.15) is 0 Å². The molecule has 0 radical (unpaired) electrons. The van der Waals surface area contributed by atoms with Crippen molar-refractivity contribution in [1.29, 1.82) is 0 Å². The van der Waals surface area contributed by atoms with Crippen molar-refractivity contribution >= 4 is 11.7 Å². The molecule has 0 unspecified atom stereocenters. The van der Waals surface area contributed by atoms with Gasteiger partial charge in [0.1, 0.15) is 5.82 Å². The molecular formula is C15H19FN2O. The third-order valence-electron chi connectivity index (χ3n) is 4.53. The van der Waals surface area contributed by atoms with Gasteiger partial charge in [0, 0.05) is 6.54 Å². The van der Waals surface area contributed by atoms with E-state index in [1.54, 1.807) is 18.2 Å². The molecule has 3 atom stereocenters. The van der Waals surface area contributed by atoms with E-state index < -0.39 is 5.82 Å². The maximum absolute atomic E-state index is 13.4. The van der Waals surface area contributed by atoms with E-state index in [4.69, 9.17) is 0 Å². The van der Waals surface area contributed by atoms with E-state index in [1.807, 2.05) is 0 Å². The Morgan fingerprint density at radius 2 is 2.11 bits per heavy atom. The number of hydrogen-bond donors (Lipinski definition) is 2. The molecule has 2 aliphatic rings. The van der Waals surface area contributed by atoms with Crippen molar-refractivity contribution in [2.24, 2.45) is 17.8 Å². The van der Waals surface area contributed by atoms with Crippen LogP contribution in [0.25, 0.3) is 0 Å². The SMILES string of the molecule is O=C(NC[C@@H]1C[C@@H]2CC[C@@H]1C2)Nc1ccccc1F. The molecule has 2 saturated carbocycles. The molecule has 0 aliphatic heterocycles. The third-order valence-corrected chi connectivity index (χ3v) is 4.53. The maximum Gasteiger partial charge on any atom is 0.319 e. The minimum Gasteiger partial charge on any atom is -0.338 e. The van der Waals surface area contributed by atoms with Gasteiger partial charge in [-0.3, -0.25) is 0 Å². The van der Waals surface area contributed by atoms with Gasteiger partial charge in [-0.05, 0) is 49.1 Å². The van der Waals surface area contributed by atoms with Gasteiger partial charge in [0.15, 0.2) is 0 Å². The molecule has 1 aromatic carbocycles. The number of hydrogen-bond acceptors (Lipinski definition) is 1. The molecule has 19 heavy (non-hydrogen) atoms. The van der Waals surface area contributed by atoms with Crippen molar-refractivity contribution in [3.05, 3.63) is 30.1 Å². The van der Waals surface area contributed by atoms with Crippen LogP contribution >= 0.6 is 0 Å². The van der Waals surface area contributed by atoms with Gasteiger partial charge >= 0.3 is 6.03 Å². The molecule has 2 aliphatic carbocycles. The molecule has 0 heterocycles. The molecule has 2 N–H and O–H groups in total. The first-order chi connectivity index (χ1) is 9.22. The molecule has 102 valence electrons. The number of anilines is 1. The van der Waals surface area contributed by atoms with Crippen molar-refractivity contribution in [3.63, 3.8) is 0 Å². The van der Waals surface area contributed by atoms with Gasteiger partial charge in [-0.1, -0.05) is 18.6 Å². The van der Waals surface area contributed by atoms with Crippen LogP contribution in [0.2, 0.25) is 0 Å². The van der Waals surface area contributed by atoms with Gasteiger partial charge in [0.25, 0.3) is 0 Å². The van der Waals surface area contributed by atoms with Crippen molar-refractivity contribution in [2.75, 3.05) is 11.9 Å². The first kappa shape index (κ1) is 12.5. The first-order valence-electron chi connectivity index (χ1n) is 7.02. The van der Waals surface area contributed by atoms with Crippen LogP contribution in [0, 0.1) is 23.6 Å².